The number of hydrogen-bond acceptors (Lipinski definition) is 3. The molecule has 0 aliphatic rings. The molecule has 76 valence electrons. The second kappa shape index (κ2) is 5.12. The summed E-state index contributed by atoms with van der Waals surface area (Å²) in [7, 11) is -1.42. The fraction of sp³-hybridized carbons (Fsp3) is 0.500. The van der Waals surface area contributed by atoms with E-state index in [4.69, 9.17) is 10.0 Å². The van der Waals surface area contributed by atoms with Gasteiger partial charge >= 0.3 is 7.12 Å². The Labute approximate surface area is 85.0 Å². The smallest absolute Gasteiger partial charge is 0.423 e. The first-order valence-electron chi connectivity index (χ1n) is 4.89. The molecule has 2 N–H and O–H groups in total. The highest BCUT2D eigenvalue weighted by molar-refractivity contribution is 6.58. The molecule has 0 aromatic carbocycles. The summed E-state index contributed by atoms with van der Waals surface area (Å²) >= 11 is 0. The van der Waals surface area contributed by atoms with Crippen LogP contribution in [0.2, 0.25) is 0 Å². The zero-order chi connectivity index (χ0) is 10.6. The van der Waals surface area contributed by atoms with E-state index < -0.39 is 7.12 Å². The van der Waals surface area contributed by atoms with Crippen molar-refractivity contribution in [2.75, 3.05) is 0 Å². The predicted octanol–water partition coefficient (Wildman–Crippen LogP) is 0.350. The predicted molar refractivity (Wildman–Crippen MR) is 57.2 cm³/mol. The van der Waals surface area contributed by atoms with E-state index >= 15 is 0 Å². The van der Waals surface area contributed by atoms with Gasteiger partial charge in [-0.1, -0.05) is 19.9 Å². The van der Waals surface area contributed by atoms with Crippen molar-refractivity contribution < 1.29 is 10.0 Å². The summed E-state index contributed by atoms with van der Waals surface area (Å²) in [5.74, 6) is 0.651. The van der Waals surface area contributed by atoms with Crippen LogP contribution in [0.15, 0.2) is 18.5 Å². The van der Waals surface area contributed by atoms with Crippen molar-refractivity contribution in [3.05, 3.63) is 24.0 Å². The Hall–Kier alpha value is -0.865. The molecule has 0 unspecified atom stereocenters. The number of aryl methyl sites for hydroxylation is 1. The largest absolute Gasteiger partial charge is 0.490 e. The average molecular weight is 193 g/mol. The molecular weight excluding hydrogens is 177 g/mol. The van der Waals surface area contributed by atoms with Crippen molar-refractivity contribution in [3.8, 4) is 0 Å². The summed E-state index contributed by atoms with van der Waals surface area (Å²) in [6, 6.07) is 1.79. The summed E-state index contributed by atoms with van der Waals surface area (Å²) in [5.41, 5.74) is 1.52. The fourth-order valence-corrected chi connectivity index (χ4v) is 1.24. The van der Waals surface area contributed by atoms with E-state index in [0.29, 0.717) is 11.4 Å². The molecule has 0 atom stereocenters. The van der Waals surface area contributed by atoms with E-state index in [9.17, 15) is 0 Å². The average Bonchev–Trinajstić information content (AvgIpc) is 2.15. The lowest BCUT2D eigenvalue weighted by Crippen LogP contribution is -2.30. The highest BCUT2D eigenvalue weighted by Crippen LogP contribution is 2.06. The maximum atomic E-state index is 8.94. The van der Waals surface area contributed by atoms with E-state index in [1.54, 1.807) is 12.3 Å². The van der Waals surface area contributed by atoms with Gasteiger partial charge in [-0.3, -0.25) is 4.98 Å². The Kier molecular flexibility index (Phi) is 4.10. The lowest BCUT2D eigenvalue weighted by atomic mass is 9.81. The molecule has 0 aliphatic heterocycles. The Morgan fingerprint density at radius 2 is 2.07 bits per heavy atom. The SMILES string of the molecule is CC(C)CCc1cncc(B(O)O)c1. The van der Waals surface area contributed by atoms with Crippen molar-refractivity contribution in [3.63, 3.8) is 0 Å². The molecule has 0 fully saturated rings. The molecule has 3 nitrogen and oxygen atoms in total. The molecule has 1 heterocycles. The third-order valence-corrected chi connectivity index (χ3v) is 2.12. The molecule has 1 rings (SSSR count). The first kappa shape index (κ1) is 11.2. The summed E-state index contributed by atoms with van der Waals surface area (Å²) < 4.78 is 0. The van der Waals surface area contributed by atoms with Crippen LogP contribution in [0.3, 0.4) is 0 Å². The molecular formula is C10H16BNO2. The Balaban J connectivity index is 2.64. The Morgan fingerprint density at radius 1 is 1.36 bits per heavy atom. The number of rotatable bonds is 4. The normalized spacial score (nSPS) is 10.6. The van der Waals surface area contributed by atoms with Gasteiger partial charge in [0, 0.05) is 17.9 Å². The monoisotopic (exact) mass is 193 g/mol. The summed E-state index contributed by atoms with van der Waals surface area (Å²) in [4.78, 5) is 3.96. The highest BCUT2D eigenvalue weighted by atomic mass is 16.4. The van der Waals surface area contributed by atoms with Gasteiger partial charge in [0.15, 0.2) is 0 Å². The summed E-state index contributed by atoms with van der Waals surface area (Å²) in [5, 5.41) is 17.9. The second-order valence-corrected chi connectivity index (χ2v) is 3.93. The van der Waals surface area contributed by atoms with Crippen molar-refractivity contribution in [2.45, 2.75) is 26.7 Å². The van der Waals surface area contributed by atoms with Gasteiger partial charge in [-0.15, -0.1) is 0 Å². The van der Waals surface area contributed by atoms with Crippen LogP contribution in [0.4, 0.5) is 0 Å². The van der Waals surface area contributed by atoms with Gasteiger partial charge < -0.3 is 10.0 Å². The first-order chi connectivity index (χ1) is 6.59. The molecule has 14 heavy (non-hydrogen) atoms. The van der Waals surface area contributed by atoms with E-state index in [-0.39, 0.29) is 0 Å². The molecule has 1 aromatic heterocycles. The molecule has 0 amide bonds. The van der Waals surface area contributed by atoms with Crippen molar-refractivity contribution in [1.29, 1.82) is 0 Å². The van der Waals surface area contributed by atoms with Gasteiger partial charge in [0.2, 0.25) is 0 Å². The van der Waals surface area contributed by atoms with E-state index in [1.807, 2.05) is 0 Å². The maximum absolute atomic E-state index is 8.94. The topological polar surface area (TPSA) is 53.4 Å². The highest BCUT2D eigenvalue weighted by Gasteiger charge is 2.11. The van der Waals surface area contributed by atoms with E-state index in [1.165, 1.54) is 6.20 Å². The first-order valence-corrected chi connectivity index (χ1v) is 4.89. The van der Waals surface area contributed by atoms with Gasteiger partial charge in [0.25, 0.3) is 0 Å². The van der Waals surface area contributed by atoms with Crippen LogP contribution in [0.5, 0.6) is 0 Å². The van der Waals surface area contributed by atoms with Crippen LogP contribution >= 0.6 is 0 Å². The Bertz CT molecular complexity index is 289. The molecule has 0 saturated heterocycles. The zero-order valence-corrected chi connectivity index (χ0v) is 8.64. The minimum Gasteiger partial charge on any atom is -0.423 e. The summed E-state index contributed by atoms with van der Waals surface area (Å²) in [6.07, 6.45) is 5.27. The molecule has 0 aliphatic carbocycles. The number of hydrogen-bond donors (Lipinski definition) is 2. The second-order valence-electron chi connectivity index (χ2n) is 3.93. The van der Waals surface area contributed by atoms with Crippen molar-refractivity contribution in [2.24, 2.45) is 5.92 Å². The lowest BCUT2D eigenvalue weighted by molar-refractivity contribution is 0.425. The van der Waals surface area contributed by atoms with Crippen molar-refractivity contribution in [1.82, 2.24) is 4.98 Å². The molecule has 0 radical (unpaired) electrons. The molecule has 0 saturated carbocycles. The third-order valence-electron chi connectivity index (χ3n) is 2.12. The van der Waals surface area contributed by atoms with Crippen LogP contribution < -0.4 is 5.46 Å². The van der Waals surface area contributed by atoms with E-state index in [2.05, 4.69) is 18.8 Å². The molecule has 0 bridgehead atoms. The molecule has 1 aromatic rings. The van der Waals surface area contributed by atoms with Crippen LogP contribution in [-0.2, 0) is 6.42 Å². The van der Waals surface area contributed by atoms with Gasteiger partial charge in [-0.2, -0.15) is 0 Å². The fourth-order valence-electron chi connectivity index (χ4n) is 1.24. The van der Waals surface area contributed by atoms with Gasteiger partial charge in [0.05, 0.1) is 0 Å². The van der Waals surface area contributed by atoms with Crippen LogP contribution in [0.25, 0.3) is 0 Å². The van der Waals surface area contributed by atoms with E-state index in [0.717, 1.165) is 18.4 Å². The van der Waals surface area contributed by atoms with Gasteiger partial charge in [-0.05, 0) is 24.3 Å². The minimum atomic E-state index is -1.42. The van der Waals surface area contributed by atoms with Crippen LogP contribution in [-0.4, -0.2) is 22.2 Å². The Morgan fingerprint density at radius 3 is 2.64 bits per heavy atom. The standard InChI is InChI=1S/C10H16BNO2/c1-8(2)3-4-9-5-10(11(13)14)7-12-6-9/h5-8,13-14H,3-4H2,1-2H3. The molecule has 4 heteroatoms. The van der Waals surface area contributed by atoms with Gasteiger partial charge in [0.1, 0.15) is 0 Å². The number of nitrogens with zero attached hydrogens (tertiary/aromatic N) is 1. The number of aromatic nitrogens is 1. The zero-order valence-electron chi connectivity index (χ0n) is 8.64. The quantitative estimate of drug-likeness (QED) is 0.678. The lowest BCUT2D eigenvalue weighted by Gasteiger charge is -2.05. The molecule has 0 spiro atoms. The van der Waals surface area contributed by atoms with Crippen molar-refractivity contribution >= 4 is 12.6 Å². The summed E-state index contributed by atoms with van der Waals surface area (Å²) in [6.45, 7) is 4.33. The van der Waals surface area contributed by atoms with Gasteiger partial charge in [-0.25, -0.2) is 0 Å². The minimum absolute atomic E-state index is 0.464. The third kappa shape index (κ3) is 3.48. The van der Waals surface area contributed by atoms with Crippen LogP contribution in [0.1, 0.15) is 25.8 Å². The maximum Gasteiger partial charge on any atom is 0.490 e. The number of pyridine rings is 1. The van der Waals surface area contributed by atoms with Crippen LogP contribution in [0, 0.1) is 5.92 Å².